The molecule has 1 fully saturated rings. The van der Waals surface area contributed by atoms with Crippen LogP contribution in [-0.2, 0) is 11.2 Å². The number of amides is 2. The maximum atomic E-state index is 13.3. The number of aromatic nitrogens is 2. The number of benzene rings is 2. The highest BCUT2D eigenvalue weighted by atomic mass is 35.5. The highest BCUT2D eigenvalue weighted by molar-refractivity contribution is 6.33. The highest BCUT2D eigenvalue weighted by Crippen LogP contribution is 2.22. The predicted molar refractivity (Wildman–Crippen MR) is 121 cm³/mol. The van der Waals surface area contributed by atoms with E-state index >= 15 is 0 Å². The molecular weight excluding hydrogens is 450 g/mol. The minimum Gasteiger partial charge on any atom is -0.339 e. The largest absolute Gasteiger partial charge is 0.339 e. The highest BCUT2D eigenvalue weighted by Gasteiger charge is 2.27. The van der Waals surface area contributed by atoms with Crippen LogP contribution in [0.5, 0.6) is 0 Å². The molecule has 0 spiro atoms. The number of carbonyl (C=O) groups is 2. The number of rotatable bonds is 4. The number of halogens is 3. The van der Waals surface area contributed by atoms with E-state index in [0.717, 1.165) is 28.7 Å². The maximum absolute atomic E-state index is 13.3. The molecule has 2 aromatic carbocycles. The van der Waals surface area contributed by atoms with E-state index in [0.29, 0.717) is 26.2 Å². The monoisotopic (exact) mass is 472 g/mol. The van der Waals surface area contributed by atoms with Crippen molar-refractivity contribution < 1.29 is 18.4 Å². The summed E-state index contributed by atoms with van der Waals surface area (Å²) in [5.41, 5.74) is 3.37. The van der Waals surface area contributed by atoms with Crippen LogP contribution in [-0.4, -0.2) is 57.6 Å². The molecule has 1 aliphatic rings. The third-order valence-corrected chi connectivity index (χ3v) is 6.23. The lowest BCUT2D eigenvalue weighted by Gasteiger charge is -2.35. The molecule has 1 saturated heterocycles. The number of carbonyl (C=O) groups excluding carboxylic acids is 2. The molecule has 2 amide bonds. The lowest BCUT2D eigenvalue weighted by Crippen LogP contribution is -2.51. The fourth-order valence-electron chi connectivity index (χ4n) is 4.02. The molecule has 0 bridgehead atoms. The lowest BCUT2D eigenvalue weighted by atomic mass is 10.1. The number of hydrogen-bond donors (Lipinski definition) is 0. The van der Waals surface area contributed by atoms with E-state index in [2.05, 4.69) is 5.10 Å². The molecule has 0 N–H and O–H groups in total. The second-order valence-corrected chi connectivity index (χ2v) is 8.42. The molecule has 33 heavy (non-hydrogen) atoms. The average Bonchev–Trinajstić information content (AvgIpc) is 3.07. The summed E-state index contributed by atoms with van der Waals surface area (Å²) in [6, 6.07) is 9.73. The zero-order chi connectivity index (χ0) is 23.7. The lowest BCUT2D eigenvalue weighted by molar-refractivity contribution is -0.131. The Morgan fingerprint density at radius 3 is 2.18 bits per heavy atom. The fourth-order valence-corrected chi connectivity index (χ4v) is 4.27. The molecule has 0 unspecified atom stereocenters. The first-order valence-electron chi connectivity index (χ1n) is 10.6. The van der Waals surface area contributed by atoms with Crippen molar-refractivity contribution in [3.8, 4) is 5.69 Å². The van der Waals surface area contributed by atoms with Crippen molar-refractivity contribution in [2.75, 3.05) is 26.2 Å². The van der Waals surface area contributed by atoms with Gasteiger partial charge in [0.05, 0.1) is 28.4 Å². The first-order chi connectivity index (χ1) is 15.7. The molecule has 172 valence electrons. The smallest absolute Gasteiger partial charge is 0.255 e. The summed E-state index contributed by atoms with van der Waals surface area (Å²) in [5, 5.41) is 4.59. The fraction of sp³-hybridized carbons (Fsp3) is 0.292. The second-order valence-electron chi connectivity index (χ2n) is 8.01. The molecular formula is C24H23ClF2N4O2. The molecule has 3 aromatic rings. The number of nitrogens with zero attached hydrogens (tertiary/aromatic N) is 4. The molecule has 0 aliphatic carbocycles. The summed E-state index contributed by atoms with van der Waals surface area (Å²) in [4.78, 5) is 29.0. The van der Waals surface area contributed by atoms with Gasteiger partial charge in [0.2, 0.25) is 5.91 Å². The quantitative estimate of drug-likeness (QED) is 0.577. The van der Waals surface area contributed by atoms with Gasteiger partial charge in [0, 0.05) is 37.4 Å². The molecule has 0 radical (unpaired) electrons. The zero-order valence-corrected chi connectivity index (χ0v) is 19.1. The van der Waals surface area contributed by atoms with Crippen molar-refractivity contribution in [3.05, 3.63) is 81.6 Å². The molecule has 0 atom stereocenters. The van der Waals surface area contributed by atoms with Gasteiger partial charge in [-0.25, -0.2) is 13.5 Å². The van der Waals surface area contributed by atoms with Crippen molar-refractivity contribution >= 4 is 23.4 Å². The molecule has 9 heteroatoms. The number of aryl methyl sites for hydroxylation is 1. The van der Waals surface area contributed by atoms with E-state index in [4.69, 9.17) is 11.6 Å². The second kappa shape index (κ2) is 9.31. The van der Waals surface area contributed by atoms with E-state index in [1.54, 1.807) is 26.6 Å². The van der Waals surface area contributed by atoms with Gasteiger partial charge in [0.15, 0.2) is 0 Å². The van der Waals surface area contributed by atoms with Crippen LogP contribution in [0.4, 0.5) is 8.78 Å². The Kier molecular flexibility index (Phi) is 6.47. The molecule has 1 aromatic heterocycles. The van der Waals surface area contributed by atoms with Crippen molar-refractivity contribution in [2.24, 2.45) is 0 Å². The zero-order valence-electron chi connectivity index (χ0n) is 18.3. The summed E-state index contributed by atoms with van der Waals surface area (Å²) in [6.45, 7) is 5.25. The van der Waals surface area contributed by atoms with Crippen molar-refractivity contribution in [1.82, 2.24) is 19.6 Å². The minimum atomic E-state index is -0.500. The van der Waals surface area contributed by atoms with Gasteiger partial charge in [-0.05, 0) is 56.3 Å². The summed E-state index contributed by atoms with van der Waals surface area (Å²) < 4.78 is 28.2. The van der Waals surface area contributed by atoms with Gasteiger partial charge in [-0.2, -0.15) is 5.10 Å². The van der Waals surface area contributed by atoms with Crippen LogP contribution in [0.25, 0.3) is 5.69 Å². The number of hydrogen-bond acceptors (Lipinski definition) is 3. The van der Waals surface area contributed by atoms with E-state index in [1.165, 1.54) is 24.3 Å². The van der Waals surface area contributed by atoms with Gasteiger partial charge >= 0.3 is 0 Å². The summed E-state index contributed by atoms with van der Waals surface area (Å²) >= 11 is 6.02. The van der Waals surface area contributed by atoms with Crippen LogP contribution in [0.3, 0.4) is 0 Å². The van der Waals surface area contributed by atoms with Gasteiger partial charge in [0.1, 0.15) is 11.6 Å². The van der Waals surface area contributed by atoms with E-state index in [-0.39, 0.29) is 34.6 Å². The third kappa shape index (κ3) is 4.75. The Morgan fingerprint density at radius 1 is 0.939 bits per heavy atom. The predicted octanol–water partition coefficient (Wildman–Crippen LogP) is 3.95. The van der Waals surface area contributed by atoms with Crippen molar-refractivity contribution in [2.45, 2.75) is 20.3 Å². The van der Waals surface area contributed by atoms with Crippen LogP contribution in [0.15, 0.2) is 42.5 Å². The van der Waals surface area contributed by atoms with E-state index < -0.39 is 5.82 Å². The van der Waals surface area contributed by atoms with Crippen LogP contribution in [0.2, 0.25) is 5.02 Å². The Hall–Kier alpha value is -3.26. The van der Waals surface area contributed by atoms with Crippen molar-refractivity contribution in [1.29, 1.82) is 0 Å². The Labute approximate surface area is 195 Å². The standard InChI is InChI=1S/C24H23ClF2N4O2/c1-15-21(16(2)31(28-15)19-6-3-17(26)4-7-19)14-23(32)29-9-11-30(12-10-29)24(33)20-8-5-18(27)13-22(20)25/h3-8,13H,9-12,14H2,1-2H3. The first-order valence-corrected chi connectivity index (χ1v) is 11.0. The van der Waals surface area contributed by atoms with Crippen LogP contribution >= 0.6 is 11.6 Å². The minimum absolute atomic E-state index is 0.0493. The van der Waals surface area contributed by atoms with Gasteiger partial charge in [-0.3, -0.25) is 9.59 Å². The van der Waals surface area contributed by atoms with Gasteiger partial charge in [-0.1, -0.05) is 11.6 Å². The molecule has 4 rings (SSSR count). The molecule has 0 saturated carbocycles. The Morgan fingerprint density at radius 2 is 1.55 bits per heavy atom. The normalized spacial score (nSPS) is 14.0. The Bertz CT molecular complexity index is 1200. The first kappa shape index (κ1) is 22.9. The van der Waals surface area contributed by atoms with Gasteiger partial charge < -0.3 is 9.80 Å². The average molecular weight is 473 g/mol. The third-order valence-electron chi connectivity index (χ3n) is 5.92. The van der Waals surface area contributed by atoms with Crippen LogP contribution in [0.1, 0.15) is 27.3 Å². The number of piperazine rings is 1. The van der Waals surface area contributed by atoms with Gasteiger partial charge in [0.25, 0.3) is 5.91 Å². The summed E-state index contributed by atoms with van der Waals surface area (Å²) in [6.07, 6.45) is 0.191. The molecule has 1 aliphatic heterocycles. The molecule has 6 nitrogen and oxygen atoms in total. The van der Waals surface area contributed by atoms with Crippen LogP contribution in [0, 0.1) is 25.5 Å². The van der Waals surface area contributed by atoms with E-state index in [9.17, 15) is 18.4 Å². The Balaban J connectivity index is 1.40. The SMILES string of the molecule is Cc1nn(-c2ccc(F)cc2)c(C)c1CC(=O)N1CCN(C(=O)c2ccc(F)cc2Cl)CC1. The van der Waals surface area contributed by atoms with Gasteiger partial charge in [-0.15, -0.1) is 0 Å². The maximum Gasteiger partial charge on any atom is 0.255 e. The van der Waals surface area contributed by atoms with E-state index in [1.807, 2.05) is 13.8 Å². The molecule has 2 heterocycles. The topological polar surface area (TPSA) is 58.4 Å². The summed E-state index contributed by atoms with van der Waals surface area (Å²) in [7, 11) is 0. The summed E-state index contributed by atoms with van der Waals surface area (Å²) in [5.74, 6) is -1.15. The van der Waals surface area contributed by atoms with Crippen molar-refractivity contribution in [3.63, 3.8) is 0 Å². The van der Waals surface area contributed by atoms with Crippen LogP contribution < -0.4 is 0 Å².